The highest BCUT2D eigenvalue weighted by Crippen LogP contribution is 2.35. The number of carbonyl (C=O) groups excluding carboxylic acids is 1. The summed E-state index contributed by atoms with van der Waals surface area (Å²) in [7, 11) is 2.14. The van der Waals surface area contributed by atoms with Gasteiger partial charge < -0.3 is 10.2 Å². The lowest BCUT2D eigenvalue weighted by atomic mass is 9.79. The van der Waals surface area contributed by atoms with Gasteiger partial charge >= 0.3 is 0 Å². The van der Waals surface area contributed by atoms with Crippen molar-refractivity contribution in [3.63, 3.8) is 0 Å². The largest absolute Gasteiger partial charge is 0.326 e. The first-order chi connectivity index (χ1) is 7.75. The monoisotopic (exact) mass is 216 g/mol. The fourth-order valence-electron chi connectivity index (χ4n) is 2.79. The van der Waals surface area contributed by atoms with Gasteiger partial charge in [-0.1, -0.05) is 18.2 Å². The second kappa shape index (κ2) is 3.59. The van der Waals surface area contributed by atoms with Crippen LogP contribution in [0.2, 0.25) is 0 Å². The van der Waals surface area contributed by atoms with Crippen LogP contribution in [-0.2, 0) is 4.79 Å². The molecule has 1 atom stereocenters. The van der Waals surface area contributed by atoms with Crippen molar-refractivity contribution in [2.75, 3.05) is 20.1 Å². The predicted molar refractivity (Wildman–Crippen MR) is 62.6 cm³/mol. The molecular weight excluding hydrogens is 200 g/mol. The van der Waals surface area contributed by atoms with Gasteiger partial charge in [-0.05, 0) is 19.0 Å². The number of carbonyl (C=O) groups is 1. The minimum atomic E-state index is 0.109. The van der Waals surface area contributed by atoms with Crippen molar-refractivity contribution in [3.05, 3.63) is 35.1 Å². The van der Waals surface area contributed by atoms with Crippen LogP contribution in [0.4, 0.5) is 0 Å². The van der Waals surface area contributed by atoms with Crippen LogP contribution < -0.4 is 5.32 Å². The first-order valence-electron chi connectivity index (χ1n) is 5.84. The molecule has 0 saturated heterocycles. The Morgan fingerprint density at radius 1 is 1.50 bits per heavy atom. The zero-order valence-corrected chi connectivity index (χ0v) is 9.49. The number of hydrogen-bond donors (Lipinski definition) is 1. The molecule has 0 fully saturated rings. The molecule has 3 nitrogen and oxygen atoms in total. The number of allylic oxidation sites excluding steroid dienone is 3. The highest BCUT2D eigenvalue weighted by molar-refractivity contribution is 5.97. The molecule has 0 spiro atoms. The maximum absolute atomic E-state index is 11.9. The molecule has 0 radical (unpaired) electrons. The van der Waals surface area contributed by atoms with Crippen LogP contribution in [0.25, 0.3) is 0 Å². The Hall–Kier alpha value is -1.35. The summed E-state index contributed by atoms with van der Waals surface area (Å²) in [4.78, 5) is 14.2. The van der Waals surface area contributed by atoms with Crippen molar-refractivity contribution < 1.29 is 4.79 Å². The molecule has 0 bridgehead atoms. The van der Waals surface area contributed by atoms with Crippen molar-refractivity contribution in [2.24, 2.45) is 5.92 Å². The molecule has 2 aliphatic heterocycles. The van der Waals surface area contributed by atoms with E-state index in [2.05, 4.69) is 23.3 Å². The average Bonchev–Trinajstić information content (AvgIpc) is 2.31. The molecule has 0 aromatic carbocycles. The van der Waals surface area contributed by atoms with E-state index in [9.17, 15) is 4.79 Å². The molecule has 1 aliphatic carbocycles. The summed E-state index contributed by atoms with van der Waals surface area (Å²) in [6.07, 6.45) is 8.06. The van der Waals surface area contributed by atoms with Crippen molar-refractivity contribution in [1.82, 2.24) is 10.2 Å². The highest BCUT2D eigenvalue weighted by Gasteiger charge is 2.34. The van der Waals surface area contributed by atoms with E-state index in [-0.39, 0.29) is 5.91 Å². The molecule has 16 heavy (non-hydrogen) atoms. The molecule has 3 aliphatic rings. The zero-order valence-electron chi connectivity index (χ0n) is 9.49. The molecule has 1 amide bonds. The molecule has 0 aromatic rings. The number of nitrogens with zero attached hydrogens (tertiary/aromatic N) is 1. The summed E-state index contributed by atoms with van der Waals surface area (Å²) >= 11 is 0. The van der Waals surface area contributed by atoms with Crippen LogP contribution in [0, 0.1) is 5.92 Å². The van der Waals surface area contributed by atoms with Gasteiger partial charge in [0.05, 0.1) is 0 Å². The third-order valence-electron chi connectivity index (χ3n) is 3.68. The smallest absolute Gasteiger partial charge is 0.251 e. The summed E-state index contributed by atoms with van der Waals surface area (Å²) in [5, 5.41) is 3.05. The Balaban J connectivity index is 2.02. The number of amides is 1. The van der Waals surface area contributed by atoms with Crippen LogP contribution >= 0.6 is 0 Å². The minimum Gasteiger partial charge on any atom is -0.326 e. The average molecular weight is 216 g/mol. The third kappa shape index (κ3) is 1.43. The lowest BCUT2D eigenvalue weighted by molar-refractivity contribution is -0.117. The SMILES string of the molecule is CN1CCC2=C(C1)C1CC=CC=C1C(=O)N2. The second-order valence-electron chi connectivity index (χ2n) is 4.78. The summed E-state index contributed by atoms with van der Waals surface area (Å²) in [6.45, 7) is 2.03. The third-order valence-corrected chi connectivity index (χ3v) is 3.68. The topological polar surface area (TPSA) is 32.3 Å². The van der Waals surface area contributed by atoms with E-state index in [0.717, 1.165) is 31.5 Å². The lowest BCUT2D eigenvalue weighted by Gasteiger charge is -2.37. The van der Waals surface area contributed by atoms with E-state index in [4.69, 9.17) is 0 Å². The van der Waals surface area contributed by atoms with Crippen LogP contribution in [0.15, 0.2) is 35.1 Å². The van der Waals surface area contributed by atoms with Crippen molar-refractivity contribution in [3.8, 4) is 0 Å². The Bertz CT molecular complexity index is 431. The fraction of sp³-hybridized carbons (Fsp3) is 0.462. The van der Waals surface area contributed by atoms with Gasteiger partial charge in [-0.2, -0.15) is 0 Å². The Morgan fingerprint density at radius 3 is 3.25 bits per heavy atom. The van der Waals surface area contributed by atoms with Crippen molar-refractivity contribution in [1.29, 1.82) is 0 Å². The van der Waals surface area contributed by atoms with Gasteiger partial charge in [0.15, 0.2) is 0 Å². The number of likely N-dealkylation sites (N-methyl/N-ethyl adjacent to an activating group) is 1. The quantitative estimate of drug-likeness (QED) is 0.660. The molecule has 84 valence electrons. The predicted octanol–water partition coefficient (Wildman–Crippen LogP) is 1.21. The first-order valence-corrected chi connectivity index (χ1v) is 5.84. The van der Waals surface area contributed by atoms with Crippen LogP contribution in [0.5, 0.6) is 0 Å². The van der Waals surface area contributed by atoms with Crippen molar-refractivity contribution in [2.45, 2.75) is 12.8 Å². The van der Waals surface area contributed by atoms with Gasteiger partial charge in [0, 0.05) is 36.7 Å². The molecule has 0 aromatic heterocycles. The van der Waals surface area contributed by atoms with E-state index in [1.165, 1.54) is 11.3 Å². The summed E-state index contributed by atoms with van der Waals surface area (Å²) in [5.74, 6) is 0.439. The minimum absolute atomic E-state index is 0.109. The van der Waals surface area contributed by atoms with Gasteiger partial charge in [0.1, 0.15) is 0 Å². The van der Waals surface area contributed by atoms with E-state index in [1.807, 2.05) is 12.2 Å². The molecule has 3 heteroatoms. The van der Waals surface area contributed by atoms with Gasteiger partial charge in [0.2, 0.25) is 0 Å². The van der Waals surface area contributed by atoms with Gasteiger partial charge in [-0.15, -0.1) is 0 Å². The van der Waals surface area contributed by atoms with Crippen LogP contribution in [0.3, 0.4) is 0 Å². The van der Waals surface area contributed by atoms with E-state index in [1.54, 1.807) is 0 Å². The van der Waals surface area contributed by atoms with E-state index >= 15 is 0 Å². The molecule has 1 unspecified atom stereocenters. The number of fused-ring (bicyclic) bond motifs is 2. The van der Waals surface area contributed by atoms with Gasteiger partial charge in [-0.25, -0.2) is 0 Å². The molecule has 3 rings (SSSR count). The van der Waals surface area contributed by atoms with Crippen LogP contribution in [-0.4, -0.2) is 30.9 Å². The summed E-state index contributed by atoms with van der Waals surface area (Å²) < 4.78 is 0. The molecular formula is C13H16N2O. The second-order valence-corrected chi connectivity index (χ2v) is 4.78. The number of nitrogens with one attached hydrogen (secondary N) is 1. The fourth-order valence-corrected chi connectivity index (χ4v) is 2.79. The molecule has 0 saturated carbocycles. The van der Waals surface area contributed by atoms with Crippen LogP contribution in [0.1, 0.15) is 12.8 Å². The maximum Gasteiger partial charge on any atom is 0.251 e. The normalized spacial score (nSPS) is 29.4. The first kappa shape index (κ1) is 9.85. The Morgan fingerprint density at radius 2 is 2.38 bits per heavy atom. The molecule has 1 N–H and O–H groups in total. The summed E-state index contributed by atoms with van der Waals surface area (Å²) in [5.41, 5.74) is 3.54. The Labute approximate surface area is 95.5 Å². The highest BCUT2D eigenvalue weighted by atomic mass is 16.1. The van der Waals surface area contributed by atoms with E-state index in [0.29, 0.717) is 5.92 Å². The zero-order chi connectivity index (χ0) is 11.1. The molecule has 2 heterocycles. The maximum atomic E-state index is 11.9. The standard InChI is InChI=1S/C13H16N2O/c1-15-7-6-12-11(8-15)9-4-2-3-5-10(9)13(16)14-12/h2-3,5,9H,4,6-8H2,1H3,(H,14,16). The Kier molecular flexibility index (Phi) is 2.21. The van der Waals surface area contributed by atoms with E-state index < -0.39 is 0 Å². The number of rotatable bonds is 0. The van der Waals surface area contributed by atoms with Gasteiger partial charge in [-0.3, -0.25) is 4.79 Å². The van der Waals surface area contributed by atoms with Crippen molar-refractivity contribution >= 4 is 5.91 Å². The lowest BCUT2D eigenvalue weighted by Crippen LogP contribution is -2.43. The summed E-state index contributed by atoms with van der Waals surface area (Å²) in [6, 6.07) is 0. The number of hydrogen-bond acceptors (Lipinski definition) is 2. The van der Waals surface area contributed by atoms with Gasteiger partial charge in [0.25, 0.3) is 5.91 Å².